The second kappa shape index (κ2) is 5.60. The molecule has 0 bridgehead atoms. The lowest BCUT2D eigenvalue weighted by atomic mass is 10.0. The fourth-order valence-corrected chi connectivity index (χ4v) is 1.99. The normalized spacial score (nSPS) is 23.0. The van der Waals surface area contributed by atoms with E-state index in [-0.39, 0.29) is 30.3 Å². The number of nitrogens with one attached hydrogen (secondary N) is 1. The molecule has 1 aliphatic rings. The largest absolute Gasteiger partial charge is 0.308 e. The topological polar surface area (TPSA) is 52.7 Å². The van der Waals surface area contributed by atoms with Gasteiger partial charge in [0.25, 0.3) is 0 Å². The van der Waals surface area contributed by atoms with Crippen molar-refractivity contribution in [3.05, 3.63) is 0 Å². The summed E-state index contributed by atoms with van der Waals surface area (Å²) < 4.78 is 0. The second-order valence-corrected chi connectivity index (χ2v) is 5.33. The summed E-state index contributed by atoms with van der Waals surface area (Å²) in [5.74, 6) is 0.213. The van der Waals surface area contributed by atoms with Crippen molar-refractivity contribution in [2.24, 2.45) is 5.92 Å². The Morgan fingerprint density at radius 3 is 2.35 bits per heavy atom. The standard InChI is InChI=1S/C12H23N3O2/c1-8(2)10(7-14(3)4)13-9-6-11(16)15(5)12(9)17/h8-10,13H,6-7H2,1-5H3. The number of amides is 2. The van der Waals surface area contributed by atoms with Gasteiger partial charge in [-0.05, 0) is 20.0 Å². The van der Waals surface area contributed by atoms with E-state index < -0.39 is 0 Å². The van der Waals surface area contributed by atoms with Crippen LogP contribution in [0.1, 0.15) is 20.3 Å². The van der Waals surface area contributed by atoms with Crippen molar-refractivity contribution in [1.82, 2.24) is 15.1 Å². The molecule has 0 aromatic rings. The SMILES string of the molecule is CC(C)C(CN(C)C)NC1CC(=O)N(C)C1=O. The molecule has 0 aromatic heterocycles. The first kappa shape index (κ1) is 14.1. The average Bonchev–Trinajstić information content (AvgIpc) is 2.44. The van der Waals surface area contributed by atoms with Crippen LogP contribution < -0.4 is 5.32 Å². The Kier molecular flexibility index (Phi) is 4.65. The van der Waals surface area contributed by atoms with Gasteiger partial charge in [0.1, 0.15) is 0 Å². The third-order valence-corrected chi connectivity index (χ3v) is 3.16. The Morgan fingerprint density at radius 2 is 2.00 bits per heavy atom. The van der Waals surface area contributed by atoms with E-state index in [9.17, 15) is 9.59 Å². The van der Waals surface area contributed by atoms with Crippen molar-refractivity contribution >= 4 is 11.8 Å². The molecule has 1 fully saturated rings. The summed E-state index contributed by atoms with van der Waals surface area (Å²) in [5.41, 5.74) is 0. The molecule has 0 spiro atoms. The number of likely N-dealkylation sites (tertiary alicyclic amines) is 1. The molecule has 1 N–H and O–H groups in total. The first-order valence-corrected chi connectivity index (χ1v) is 6.04. The highest BCUT2D eigenvalue weighted by Crippen LogP contribution is 2.13. The number of likely N-dealkylation sites (N-methyl/N-ethyl adjacent to an activating group) is 2. The Labute approximate surface area is 103 Å². The van der Waals surface area contributed by atoms with Crippen LogP contribution in [0.25, 0.3) is 0 Å². The van der Waals surface area contributed by atoms with E-state index in [1.165, 1.54) is 4.90 Å². The molecule has 1 aliphatic heterocycles. The molecule has 2 amide bonds. The van der Waals surface area contributed by atoms with Gasteiger partial charge < -0.3 is 10.2 Å². The molecule has 1 saturated heterocycles. The number of hydrogen-bond acceptors (Lipinski definition) is 4. The zero-order valence-electron chi connectivity index (χ0n) is 11.4. The van der Waals surface area contributed by atoms with Crippen LogP contribution in [0, 0.1) is 5.92 Å². The molecule has 5 heteroatoms. The number of hydrogen-bond donors (Lipinski definition) is 1. The summed E-state index contributed by atoms with van der Waals surface area (Å²) in [4.78, 5) is 26.5. The van der Waals surface area contributed by atoms with E-state index in [1.807, 2.05) is 14.1 Å². The molecule has 5 nitrogen and oxygen atoms in total. The van der Waals surface area contributed by atoms with E-state index in [2.05, 4.69) is 24.1 Å². The predicted molar refractivity (Wildman–Crippen MR) is 66.5 cm³/mol. The molecule has 0 aliphatic carbocycles. The van der Waals surface area contributed by atoms with Crippen molar-refractivity contribution in [3.63, 3.8) is 0 Å². The molecule has 98 valence electrons. The summed E-state index contributed by atoms with van der Waals surface area (Å²) in [5, 5.41) is 3.30. The van der Waals surface area contributed by atoms with Crippen LogP contribution in [-0.2, 0) is 9.59 Å². The van der Waals surface area contributed by atoms with Gasteiger partial charge in [-0.1, -0.05) is 13.8 Å². The highest BCUT2D eigenvalue weighted by atomic mass is 16.2. The molecule has 1 heterocycles. The summed E-state index contributed by atoms with van der Waals surface area (Å²) >= 11 is 0. The number of nitrogens with zero attached hydrogens (tertiary/aromatic N) is 2. The molecule has 2 unspecified atom stereocenters. The smallest absolute Gasteiger partial charge is 0.246 e. The molecule has 0 aromatic carbocycles. The fraction of sp³-hybridized carbons (Fsp3) is 0.833. The van der Waals surface area contributed by atoms with E-state index >= 15 is 0 Å². The lowest BCUT2D eigenvalue weighted by Gasteiger charge is -2.27. The fourth-order valence-electron chi connectivity index (χ4n) is 1.99. The summed E-state index contributed by atoms with van der Waals surface area (Å²) in [6.45, 7) is 5.09. The third-order valence-electron chi connectivity index (χ3n) is 3.16. The number of carbonyl (C=O) groups excluding carboxylic acids is 2. The first-order valence-electron chi connectivity index (χ1n) is 6.04. The molecular weight excluding hydrogens is 218 g/mol. The van der Waals surface area contributed by atoms with E-state index in [0.717, 1.165) is 6.54 Å². The van der Waals surface area contributed by atoms with Crippen LogP contribution in [-0.4, -0.2) is 61.4 Å². The lowest BCUT2D eigenvalue weighted by molar-refractivity contribution is -0.137. The van der Waals surface area contributed by atoms with Crippen molar-refractivity contribution in [2.45, 2.75) is 32.4 Å². The summed E-state index contributed by atoms with van der Waals surface area (Å²) in [7, 11) is 5.55. The van der Waals surface area contributed by atoms with Gasteiger partial charge in [0, 0.05) is 19.6 Å². The maximum atomic E-state index is 11.8. The van der Waals surface area contributed by atoms with Crippen molar-refractivity contribution in [3.8, 4) is 0 Å². The highest BCUT2D eigenvalue weighted by Gasteiger charge is 2.37. The van der Waals surface area contributed by atoms with Crippen molar-refractivity contribution < 1.29 is 9.59 Å². The maximum absolute atomic E-state index is 11.8. The van der Waals surface area contributed by atoms with Crippen LogP contribution in [0.4, 0.5) is 0 Å². The zero-order chi connectivity index (χ0) is 13.2. The Bertz CT molecular complexity index is 302. The number of imide groups is 1. The molecule has 1 rings (SSSR count). The van der Waals surface area contributed by atoms with E-state index in [1.54, 1.807) is 7.05 Å². The van der Waals surface area contributed by atoms with Gasteiger partial charge in [-0.3, -0.25) is 14.5 Å². The molecular formula is C12H23N3O2. The minimum atomic E-state index is -0.347. The minimum Gasteiger partial charge on any atom is -0.308 e. The van der Waals surface area contributed by atoms with Crippen LogP contribution in [0.5, 0.6) is 0 Å². The van der Waals surface area contributed by atoms with Gasteiger partial charge in [0.15, 0.2) is 0 Å². The Hall–Kier alpha value is -0.940. The number of carbonyl (C=O) groups is 2. The summed E-state index contributed by atoms with van der Waals surface area (Å²) in [6, 6.07) is -0.127. The third kappa shape index (κ3) is 3.51. The second-order valence-electron chi connectivity index (χ2n) is 5.33. The zero-order valence-corrected chi connectivity index (χ0v) is 11.4. The van der Waals surface area contributed by atoms with Crippen LogP contribution >= 0.6 is 0 Å². The van der Waals surface area contributed by atoms with Gasteiger partial charge in [-0.15, -0.1) is 0 Å². The molecule has 0 saturated carbocycles. The van der Waals surface area contributed by atoms with Crippen molar-refractivity contribution in [2.75, 3.05) is 27.7 Å². The summed E-state index contributed by atoms with van der Waals surface area (Å²) in [6.07, 6.45) is 0.284. The van der Waals surface area contributed by atoms with Crippen LogP contribution in [0.2, 0.25) is 0 Å². The van der Waals surface area contributed by atoms with Crippen LogP contribution in [0.3, 0.4) is 0 Å². The van der Waals surface area contributed by atoms with Crippen molar-refractivity contribution in [1.29, 1.82) is 0 Å². The van der Waals surface area contributed by atoms with E-state index in [0.29, 0.717) is 5.92 Å². The van der Waals surface area contributed by atoms with Gasteiger partial charge in [0.05, 0.1) is 12.5 Å². The Morgan fingerprint density at radius 1 is 1.41 bits per heavy atom. The van der Waals surface area contributed by atoms with Gasteiger partial charge in [-0.25, -0.2) is 0 Å². The highest BCUT2D eigenvalue weighted by molar-refractivity contribution is 6.05. The Balaban J connectivity index is 2.62. The van der Waals surface area contributed by atoms with Crippen LogP contribution in [0.15, 0.2) is 0 Å². The minimum absolute atomic E-state index is 0.0974. The van der Waals surface area contributed by atoms with Gasteiger partial charge in [0.2, 0.25) is 11.8 Å². The monoisotopic (exact) mass is 241 g/mol. The average molecular weight is 241 g/mol. The van der Waals surface area contributed by atoms with Gasteiger partial charge >= 0.3 is 0 Å². The quantitative estimate of drug-likeness (QED) is 0.684. The van der Waals surface area contributed by atoms with E-state index in [4.69, 9.17) is 0 Å². The number of rotatable bonds is 5. The molecule has 0 radical (unpaired) electrons. The first-order chi connectivity index (χ1) is 7.82. The predicted octanol–water partition coefficient (Wildman–Crippen LogP) is -0.0805. The molecule has 17 heavy (non-hydrogen) atoms. The lowest BCUT2D eigenvalue weighted by Crippen LogP contribution is -2.49. The molecule has 2 atom stereocenters. The maximum Gasteiger partial charge on any atom is 0.246 e. The van der Waals surface area contributed by atoms with Gasteiger partial charge in [-0.2, -0.15) is 0 Å².